The zero-order valence-electron chi connectivity index (χ0n) is 14.2. The molecule has 0 aliphatic rings. The third kappa shape index (κ3) is 4.37. The minimum Gasteiger partial charge on any atom is -0.544 e. The molecule has 0 atom stereocenters. The number of thiazole rings is 1. The monoisotopic (exact) mass is 369 g/mol. The molecule has 2 aromatic carbocycles. The summed E-state index contributed by atoms with van der Waals surface area (Å²) in [5.74, 6) is -0.756. The summed E-state index contributed by atoms with van der Waals surface area (Å²) in [6.45, 7) is 2.27. The Morgan fingerprint density at radius 3 is 2.69 bits per heavy atom. The highest BCUT2D eigenvalue weighted by Gasteiger charge is 2.11. The third-order valence-corrected chi connectivity index (χ3v) is 4.89. The zero-order chi connectivity index (χ0) is 18.5. The van der Waals surface area contributed by atoms with Crippen LogP contribution in [0.25, 0.3) is 10.8 Å². The number of hydrogen-bond acceptors (Lipinski definition) is 6. The molecule has 134 valence electrons. The van der Waals surface area contributed by atoms with Crippen molar-refractivity contribution < 1.29 is 19.4 Å². The van der Waals surface area contributed by atoms with Crippen LogP contribution in [0.5, 0.6) is 5.75 Å². The summed E-state index contributed by atoms with van der Waals surface area (Å²) in [4.78, 5) is 27.0. The molecule has 0 aliphatic carbocycles. The van der Waals surface area contributed by atoms with Crippen molar-refractivity contribution in [2.45, 2.75) is 13.3 Å². The lowest BCUT2D eigenvalue weighted by Gasteiger charge is -2.08. The van der Waals surface area contributed by atoms with Gasteiger partial charge in [-0.2, -0.15) is 0 Å². The maximum Gasteiger partial charge on any atom is 0.226 e. The smallest absolute Gasteiger partial charge is 0.226 e. The molecule has 0 radical (unpaired) electrons. The second-order valence-electron chi connectivity index (χ2n) is 5.69. The lowest BCUT2D eigenvalue weighted by Crippen LogP contribution is -2.29. The Hall–Kier alpha value is -2.93. The van der Waals surface area contributed by atoms with Crippen molar-refractivity contribution in [1.82, 2.24) is 10.3 Å². The average Bonchev–Trinajstić information content (AvgIpc) is 2.99. The highest BCUT2D eigenvalue weighted by molar-refractivity contribution is 7.13. The summed E-state index contributed by atoms with van der Waals surface area (Å²) < 4.78 is 5.66. The number of nitrogens with one attached hydrogen (secondary N) is 1. The number of aromatic nitrogens is 1. The van der Waals surface area contributed by atoms with Crippen molar-refractivity contribution in [2.24, 2.45) is 0 Å². The molecule has 26 heavy (non-hydrogen) atoms. The van der Waals surface area contributed by atoms with Gasteiger partial charge >= 0.3 is 0 Å². The van der Waals surface area contributed by atoms with Crippen LogP contribution in [0.15, 0.2) is 42.5 Å². The molecule has 0 aliphatic heterocycles. The van der Waals surface area contributed by atoms with Crippen LogP contribution in [0.1, 0.15) is 20.4 Å². The van der Waals surface area contributed by atoms with E-state index in [1.807, 2.05) is 42.5 Å². The van der Waals surface area contributed by atoms with E-state index < -0.39 is 5.97 Å². The number of amides is 1. The number of benzene rings is 2. The Bertz CT molecular complexity index is 952. The Morgan fingerprint density at radius 2 is 1.96 bits per heavy atom. The summed E-state index contributed by atoms with van der Waals surface area (Å²) in [7, 11) is 0. The first-order valence-electron chi connectivity index (χ1n) is 8.09. The van der Waals surface area contributed by atoms with Crippen LogP contribution in [0.3, 0.4) is 0 Å². The van der Waals surface area contributed by atoms with Gasteiger partial charge in [-0.3, -0.25) is 4.79 Å². The van der Waals surface area contributed by atoms with E-state index in [1.165, 1.54) is 0 Å². The van der Waals surface area contributed by atoms with Gasteiger partial charge in [-0.05, 0) is 29.8 Å². The molecule has 1 aromatic heterocycles. The lowest BCUT2D eigenvalue weighted by molar-refractivity contribution is -0.254. The second-order valence-corrected chi connectivity index (χ2v) is 6.78. The van der Waals surface area contributed by atoms with Crippen molar-refractivity contribution >= 4 is 34.0 Å². The molecule has 7 heteroatoms. The van der Waals surface area contributed by atoms with E-state index in [1.54, 1.807) is 6.92 Å². The molecular formula is C19H17N2O4S-. The number of rotatable bonds is 7. The number of aryl methyl sites for hydroxylation is 1. The summed E-state index contributed by atoms with van der Waals surface area (Å²) in [6, 6.07) is 13.8. The van der Waals surface area contributed by atoms with Gasteiger partial charge < -0.3 is 20.0 Å². The Morgan fingerprint density at radius 1 is 1.19 bits per heavy atom. The fourth-order valence-corrected chi connectivity index (χ4v) is 3.43. The third-order valence-electron chi connectivity index (χ3n) is 3.75. The van der Waals surface area contributed by atoms with Crippen molar-refractivity contribution in [3.05, 3.63) is 58.0 Å². The van der Waals surface area contributed by atoms with Gasteiger partial charge in [-0.25, -0.2) is 4.98 Å². The number of carbonyl (C=O) groups excluding carboxylic acids is 2. The molecule has 3 aromatic rings. The largest absolute Gasteiger partial charge is 0.544 e. The van der Waals surface area contributed by atoms with Gasteiger partial charge in [0.2, 0.25) is 5.91 Å². The van der Waals surface area contributed by atoms with Crippen molar-refractivity contribution in [3.63, 3.8) is 0 Å². The summed E-state index contributed by atoms with van der Waals surface area (Å²) in [6.07, 6.45) is 0.0365. The zero-order valence-corrected chi connectivity index (χ0v) is 15.0. The maximum atomic E-state index is 11.9. The van der Waals surface area contributed by atoms with Crippen LogP contribution in [0, 0.1) is 6.92 Å². The highest BCUT2D eigenvalue weighted by atomic mass is 32.1. The lowest BCUT2D eigenvalue weighted by atomic mass is 10.1. The van der Waals surface area contributed by atoms with Gasteiger partial charge in [-0.1, -0.05) is 30.3 Å². The molecule has 0 unspecified atom stereocenters. The average molecular weight is 369 g/mol. The summed E-state index contributed by atoms with van der Waals surface area (Å²) in [5.41, 5.74) is 0.373. The molecule has 1 N–H and O–H groups in total. The summed E-state index contributed by atoms with van der Waals surface area (Å²) >= 11 is 0.968. The van der Waals surface area contributed by atoms with Crippen LogP contribution < -0.4 is 15.2 Å². The number of fused-ring (bicyclic) bond motifs is 1. The Labute approximate surface area is 154 Å². The molecular weight excluding hydrogens is 352 g/mol. The normalized spacial score (nSPS) is 10.7. The van der Waals surface area contributed by atoms with Gasteiger partial charge in [-0.15, -0.1) is 11.3 Å². The van der Waals surface area contributed by atoms with Gasteiger partial charge in [0, 0.05) is 0 Å². The van der Waals surface area contributed by atoms with Gasteiger partial charge in [0.05, 0.1) is 29.5 Å². The first-order valence-corrected chi connectivity index (χ1v) is 8.90. The van der Waals surface area contributed by atoms with Gasteiger partial charge in [0.1, 0.15) is 17.4 Å². The SMILES string of the molecule is Cc1nc(CC(=O)NCCOc2ccc3ccccc3c2)sc1C(=O)[O-]. The van der Waals surface area contributed by atoms with E-state index >= 15 is 0 Å². The molecule has 6 nitrogen and oxygen atoms in total. The number of aromatic carboxylic acids is 1. The van der Waals surface area contributed by atoms with E-state index in [-0.39, 0.29) is 17.2 Å². The molecule has 0 fully saturated rings. The van der Waals surface area contributed by atoms with Crippen LogP contribution >= 0.6 is 11.3 Å². The van der Waals surface area contributed by atoms with Crippen LogP contribution in [0.4, 0.5) is 0 Å². The maximum absolute atomic E-state index is 11.9. The first kappa shape index (κ1) is 17.9. The quantitative estimate of drug-likeness (QED) is 0.640. The highest BCUT2D eigenvalue weighted by Crippen LogP contribution is 2.20. The molecule has 0 saturated carbocycles. The number of hydrogen-bond donors (Lipinski definition) is 1. The fourth-order valence-electron chi connectivity index (χ4n) is 2.53. The van der Waals surface area contributed by atoms with Crippen LogP contribution in [-0.4, -0.2) is 30.0 Å². The number of ether oxygens (including phenoxy) is 1. The molecule has 1 heterocycles. The fraction of sp³-hybridized carbons (Fsp3) is 0.211. The van der Waals surface area contributed by atoms with Crippen molar-refractivity contribution in [2.75, 3.05) is 13.2 Å². The van der Waals surface area contributed by atoms with E-state index in [0.717, 1.165) is 27.9 Å². The Kier molecular flexibility index (Phi) is 5.48. The van der Waals surface area contributed by atoms with Crippen LogP contribution in [0.2, 0.25) is 0 Å². The van der Waals surface area contributed by atoms with E-state index in [2.05, 4.69) is 10.3 Å². The standard InChI is InChI=1S/C19H18N2O4S/c1-12-18(19(23)24)26-17(21-12)11-16(22)20-8-9-25-15-7-6-13-4-2-3-5-14(13)10-15/h2-7,10H,8-9,11H2,1H3,(H,20,22)(H,23,24)/p-1. The number of carbonyl (C=O) groups is 2. The first-order chi connectivity index (χ1) is 12.5. The molecule has 1 amide bonds. The molecule has 0 bridgehead atoms. The molecule has 0 spiro atoms. The van der Waals surface area contributed by atoms with Crippen LogP contribution in [-0.2, 0) is 11.2 Å². The minimum absolute atomic E-state index is 0.0365. The number of carboxylic acids is 1. The molecule has 0 saturated heterocycles. The van der Waals surface area contributed by atoms with Crippen molar-refractivity contribution in [1.29, 1.82) is 0 Å². The topological polar surface area (TPSA) is 91.3 Å². The molecule has 3 rings (SSSR count). The van der Waals surface area contributed by atoms with Gasteiger partial charge in [0.15, 0.2) is 0 Å². The number of nitrogens with zero attached hydrogens (tertiary/aromatic N) is 1. The minimum atomic E-state index is -1.27. The van der Waals surface area contributed by atoms with Crippen molar-refractivity contribution in [3.8, 4) is 5.75 Å². The predicted molar refractivity (Wildman–Crippen MR) is 97.3 cm³/mol. The van der Waals surface area contributed by atoms with E-state index in [4.69, 9.17) is 4.74 Å². The predicted octanol–water partition coefficient (Wildman–Crippen LogP) is 1.71. The Balaban J connectivity index is 1.46. The summed E-state index contributed by atoms with van der Waals surface area (Å²) in [5, 5.41) is 16.3. The van der Waals surface area contributed by atoms with Gasteiger partial charge in [0.25, 0.3) is 0 Å². The second kappa shape index (κ2) is 7.97. The number of carboxylic acid groups (broad SMARTS) is 1. The van der Waals surface area contributed by atoms with E-state index in [9.17, 15) is 14.7 Å². The van der Waals surface area contributed by atoms with E-state index in [0.29, 0.717) is 23.9 Å².